The maximum atomic E-state index is 12.1. The lowest BCUT2D eigenvalue weighted by Crippen LogP contribution is -2.49. The van der Waals surface area contributed by atoms with Crippen LogP contribution in [0.1, 0.15) is 34.1 Å². The van der Waals surface area contributed by atoms with Crippen LogP contribution >= 0.6 is 12.6 Å². The second-order valence-electron chi connectivity index (χ2n) is 5.01. The molecule has 1 aliphatic rings. The van der Waals surface area contributed by atoms with Crippen molar-refractivity contribution in [1.82, 2.24) is 9.80 Å². The van der Waals surface area contributed by atoms with Gasteiger partial charge in [-0.05, 0) is 27.2 Å². The third-order valence-corrected chi connectivity index (χ3v) is 2.99. The first kappa shape index (κ1) is 13.4. The molecule has 0 aromatic heterocycles. The van der Waals surface area contributed by atoms with Gasteiger partial charge in [0.2, 0.25) is 0 Å². The molecule has 0 N–H and O–H groups in total. The lowest BCUT2D eigenvalue weighted by Gasteiger charge is -2.34. The van der Waals surface area contributed by atoms with Crippen molar-refractivity contribution in [3.05, 3.63) is 0 Å². The maximum absolute atomic E-state index is 12.1. The Balaban J connectivity index is 3.01. The largest absolute Gasteiger partial charge is 0.327 e. The molecule has 1 atom stereocenters. The number of hydrogen-bond acceptors (Lipinski definition) is 3. The molecule has 0 aromatic carbocycles. The number of rotatable bonds is 3. The predicted molar refractivity (Wildman–Crippen MR) is 66.6 cm³/mol. The summed E-state index contributed by atoms with van der Waals surface area (Å²) in [5.74, 6) is 0.263. The monoisotopic (exact) mass is 244 g/mol. The predicted octanol–water partition coefficient (Wildman–Crippen LogP) is 1.76. The lowest BCUT2D eigenvalue weighted by atomic mass is 10.1. The molecule has 1 unspecified atom stereocenters. The van der Waals surface area contributed by atoms with Crippen molar-refractivity contribution in [2.45, 2.75) is 45.7 Å². The topological polar surface area (TPSA) is 40.6 Å². The number of nitrogens with zero attached hydrogens (tertiary/aromatic N) is 2. The second-order valence-corrected chi connectivity index (χ2v) is 5.38. The molecule has 1 saturated heterocycles. The molecule has 0 radical (unpaired) electrons. The molecular weight excluding hydrogens is 224 g/mol. The summed E-state index contributed by atoms with van der Waals surface area (Å²) in [6.45, 7) is 8.25. The van der Waals surface area contributed by atoms with Crippen LogP contribution in [-0.2, 0) is 4.79 Å². The van der Waals surface area contributed by atoms with Gasteiger partial charge in [0.1, 0.15) is 6.04 Å². The van der Waals surface area contributed by atoms with E-state index in [0.717, 1.165) is 6.42 Å². The Morgan fingerprint density at radius 3 is 2.19 bits per heavy atom. The Kier molecular flexibility index (Phi) is 3.88. The summed E-state index contributed by atoms with van der Waals surface area (Å²) in [5.41, 5.74) is -0.345. The second kappa shape index (κ2) is 4.65. The van der Waals surface area contributed by atoms with Crippen LogP contribution in [0.4, 0.5) is 4.79 Å². The fourth-order valence-corrected chi connectivity index (χ4v) is 2.31. The van der Waals surface area contributed by atoms with Crippen LogP contribution in [0.25, 0.3) is 0 Å². The first-order chi connectivity index (χ1) is 7.34. The van der Waals surface area contributed by atoms with Crippen LogP contribution in [0.15, 0.2) is 0 Å². The van der Waals surface area contributed by atoms with Crippen molar-refractivity contribution in [3.63, 3.8) is 0 Å². The quantitative estimate of drug-likeness (QED) is 0.607. The molecule has 0 aromatic rings. The first-order valence-corrected chi connectivity index (χ1v) is 6.23. The molecule has 1 rings (SSSR count). The van der Waals surface area contributed by atoms with Crippen molar-refractivity contribution in [2.24, 2.45) is 0 Å². The Hall–Kier alpha value is -0.710. The zero-order chi connectivity index (χ0) is 12.5. The molecular formula is C11H20N2O2S. The van der Waals surface area contributed by atoms with Crippen LogP contribution in [0.2, 0.25) is 0 Å². The lowest BCUT2D eigenvalue weighted by molar-refractivity contribution is -0.128. The minimum Gasteiger partial charge on any atom is -0.307 e. The minimum atomic E-state index is -0.414. The van der Waals surface area contributed by atoms with Crippen molar-refractivity contribution in [3.8, 4) is 0 Å². The van der Waals surface area contributed by atoms with Gasteiger partial charge in [0.15, 0.2) is 0 Å². The van der Waals surface area contributed by atoms with Gasteiger partial charge >= 0.3 is 6.03 Å². The van der Waals surface area contributed by atoms with Gasteiger partial charge in [0, 0.05) is 17.8 Å². The van der Waals surface area contributed by atoms with E-state index in [2.05, 4.69) is 12.6 Å². The summed E-state index contributed by atoms with van der Waals surface area (Å²) in [6.07, 6.45) is 0.786. The maximum Gasteiger partial charge on any atom is 0.327 e. The number of urea groups is 1. The molecule has 3 amide bonds. The van der Waals surface area contributed by atoms with E-state index in [-0.39, 0.29) is 17.5 Å². The summed E-state index contributed by atoms with van der Waals surface area (Å²) in [6, 6.07) is -0.596. The molecule has 16 heavy (non-hydrogen) atoms. The number of carbonyl (C=O) groups excluding carboxylic acids is 2. The van der Waals surface area contributed by atoms with Gasteiger partial charge in [-0.25, -0.2) is 4.79 Å². The van der Waals surface area contributed by atoms with E-state index in [4.69, 9.17) is 0 Å². The normalized spacial score (nSPS) is 22.2. The number of amides is 3. The molecule has 0 saturated carbocycles. The van der Waals surface area contributed by atoms with E-state index in [1.165, 1.54) is 4.90 Å². The Bertz CT molecular complexity index is 299. The van der Waals surface area contributed by atoms with Gasteiger partial charge in [0.25, 0.3) is 5.91 Å². The third kappa shape index (κ3) is 2.19. The van der Waals surface area contributed by atoms with Crippen LogP contribution < -0.4 is 0 Å². The zero-order valence-electron chi connectivity index (χ0n) is 10.4. The van der Waals surface area contributed by atoms with Gasteiger partial charge in [-0.15, -0.1) is 0 Å². The summed E-state index contributed by atoms with van der Waals surface area (Å²) in [7, 11) is 0. The van der Waals surface area contributed by atoms with Crippen molar-refractivity contribution in [1.29, 1.82) is 0 Å². The van der Waals surface area contributed by atoms with Crippen LogP contribution in [0, 0.1) is 0 Å². The van der Waals surface area contributed by atoms with Gasteiger partial charge in [-0.1, -0.05) is 6.92 Å². The smallest absolute Gasteiger partial charge is 0.307 e. The molecule has 1 fully saturated rings. The zero-order valence-corrected chi connectivity index (χ0v) is 11.3. The van der Waals surface area contributed by atoms with Crippen LogP contribution in [0.5, 0.6) is 0 Å². The molecule has 1 aliphatic heterocycles. The van der Waals surface area contributed by atoms with Crippen LogP contribution in [-0.4, -0.2) is 45.6 Å². The molecule has 4 nitrogen and oxygen atoms in total. The van der Waals surface area contributed by atoms with Gasteiger partial charge in [-0.2, -0.15) is 12.6 Å². The highest BCUT2D eigenvalue weighted by Crippen LogP contribution is 2.27. The van der Waals surface area contributed by atoms with E-state index >= 15 is 0 Å². The highest BCUT2D eigenvalue weighted by Gasteiger charge is 2.48. The molecule has 0 aliphatic carbocycles. The molecule has 0 spiro atoms. The van der Waals surface area contributed by atoms with Crippen molar-refractivity contribution >= 4 is 24.6 Å². The van der Waals surface area contributed by atoms with Gasteiger partial charge in [-0.3, -0.25) is 9.69 Å². The number of thiol groups is 1. The molecule has 92 valence electrons. The van der Waals surface area contributed by atoms with Gasteiger partial charge in [0.05, 0.1) is 0 Å². The van der Waals surface area contributed by atoms with E-state index in [0.29, 0.717) is 12.3 Å². The summed E-state index contributed by atoms with van der Waals surface area (Å²) in [4.78, 5) is 27.1. The summed E-state index contributed by atoms with van der Waals surface area (Å²) >= 11 is 4.17. The minimum absolute atomic E-state index is 0.114. The SMILES string of the molecule is CCCN1C(=O)C(CS)N(C(C)(C)C)C1=O. The summed E-state index contributed by atoms with van der Waals surface area (Å²) < 4.78 is 0. The average molecular weight is 244 g/mol. The summed E-state index contributed by atoms with van der Waals surface area (Å²) in [5, 5.41) is 0. The Morgan fingerprint density at radius 1 is 1.31 bits per heavy atom. The highest BCUT2D eigenvalue weighted by atomic mass is 32.1. The fourth-order valence-electron chi connectivity index (χ4n) is 1.99. The van der Waals surface area contributed by atoms with Crippen molar-refractivity contribution in [2.75, 3.05) is 12.3 Å². The number of imide groups is 1. The first-order valence-electron chi connectivity index (χ1n) is 5.60. The number of hydrogen-bond donors (Lipinski definition) is 1. The average Bonchev–Trinajstić information content (AvgIpc) is 2.41. The Labute approximate surface area is 102 Å². The molecule has 1 heterocycles. The standard InChI is InChI=1S/C11H20N2O2S/c1-5-6-12-9(14)8(7-16)13(10(12)15)11(2,3)4/h8,16H,5-7H2,1-4H3. The van der Waals surface area contributed by atoms with E-state index in [1.807, 2.05) is 27.7 Å². The van der Waals surface area contributed by atoms with Gasteiger partial charge < -0.3 is 4.90 Å². The van der Waals surface area contributed by atoms with Crippen LogP contribution in [0.3, 0.4) is 0 Å². The molecule has 0 bridgehead atoms. The van der Waals surface area contributed by atoms with E-state index in [1.54, 1.807) is 4.90 Å². The van der Waals surface area contributed by atoms with Crippen molar-refractivity contribution < 1.29 is 9.59 Å². The highest BCUT2D eigenvalue weighted by molar-refractivity contribution is 7.80. The number of carbonyl (C=O) groups is 2. The Morgan fingerprint density at radius 2 is 1.88 bits per heavy atom. The molecule has 5 heteroatoms. The van der Waals surface area contributed by atoms with E-state index < -0.39 is 6.04 Å². The fraction of sp³-hybridized carbons (Fsp3) is 0.818. The van der Waals surface area contributed by atoms with E-state index in [9.17, 15) is 9.59 Å². The third-order valence-electron chi connectivity index (χ3n) is 2.64.